The van der Waals surface area contributed by atoms with Gasteiger partial charge >= 0.3 is 0 Å². The molecule has 0 bridgehead atoms. The molecule has 0 aromatic carbocycles. The van der Waals surface area contributed by atoms with E-state index in [-0.39, 0.29) is 0 Å². The third-order valence-corrected chi connectivity index (χ3v) is 2.89. The number of hydrogen-bond donors (Lipinski definition) is 0. The highest BCUT2D eigenvalue weighted by Gasteiger charge is 2.05. The van der Waals surface area contributed by atoms with Gasteiger partial charge in [0.2, 0.25) is 0 Å². The summed E-state index contributed by atoms with van der Waals surface area (Å²) < 4.78 is 1.94. The van der Waals surface area contributed by atoms with E-state index in [1.807, 2.05) is 24.9 Å². The standard InChI is InChI=1S/C11H17BrClN3/c1-15(2)7-8-16-11(5-3-4-6-12)10(13)9-14-16/h3,5,9H,4,6-8H2,1-2H3/b5-3+. The van der Waals surface area contributed by atoms with Crippen LogP contribution in [0.15, 0.2) is 12.3 Å². The molecule has 0 saturated heterocycles. The highest BCUT2D eigenvalue weighted by molar-refractivity contribution is 9.09. The van der Waals surface area contributed by atoms with E-state index in [4.69, 9.17) is 11.6 Å². The summed E-state index contributed by atoms with van der Waals surface area (Å²) in [7, 11) is 4.09. The van der Waals surface area contributed by atoms with Gasteiger partial charge in [-0.25, -0.2) is 0 Å². The molecule has 1 rings (SSSR count). The van der Waals surface area contributed by atoms with E-state index in [9.17, 15) is 0 Å². The van der Waals surface area contributed by atoms with Gasteiger partial charge in [0.05, 0.1) is 23.5 Å². The zero-order valence-electron chi connectivity index (χ0n) is 9.66. The fraction of sp³-hybridized carbons (Fsp3) is 0.545. The molecule has 5 heteroatoms. The van der Waals surface area contributed by atoms with E-state index in [0.29, 0.717) is 5.02 Å². The van der Waals surface area contributed by atoms with Crippen LogP contribution >= 0.6 is 27.5 Å². The normalized spacial score (nSPS) is 11.8. The van der Waals surface area contributed by atoms with Gasteiger partial charge in [-0.1, -0.05) is 33.6 Å². The van der Waals surface area contributed by atoms with Crippen molar-refractivity contribution in [3.63, 3.8) is 0 Å². The van der Waals surface area contributed by atoms with Crippen LogP contribution in [0.4, 0.5) is 0 Å². The number of likely N-dealkylation sites (N-methyl/N-ethyl adjacent to an activating group) is 1. The summed E-state index contributed by atoms with van der Waals surface area (Å²) in [5, 5.41) is 5.94. The number of nitrogens with zero attached hydrogens (tertiary/aromatic N) is 3. The monoisotopic (exact) mass is 305 g/mol. The first-order chi connectivity index (χ1) is 7.65. The minimum Gasteiger partial charge on any atom is -0.308 e. The van der Waals surface area contributed by atoms with Gasteiger partial charge in [-0.05, 0) is 26.6 Å². The first-order valence-corrected chi connectivity index (χ1v) is 6.73. The third-order valence-electron chi connectivity index (χ3n) is 2.14. The maximum absolute atomic E-state index is 6.08. The highest BCUT2D eigenvalue weighted by Crippen LogP contribution is 2.17. The van der Waals surface area contributed by atoms with Crippen molar-refractivity contribution in [2.45, 2.75) is 13.0 Å². The Morgan fingerprint density at radius 3 is 2.94 bits per heavy atom. The first kappa shape index (κ1) is 13.7. The van der Waals surface area contributed by atoms with Crippen LogP contribution in [0.1, 0.15) is 12.1 Å². The fourth-order valence-corrected chi connectivity index (χ4v) is 1.74. The molecule has 1 heterocycles. The smallest absolute Gasteiger partial charge is 0.0859 e. The van der Waals surface area contributed by atoms with Crippen LogP contribution < -0.4 is 0 Å². The number of rotatable bonds is 6. The minimum absolute atomic E-state index is 0.713. The Hall–Kier alpha value is -0.320. The van der Waals surface area contributed by atoms with E-state index in [0.717, 1.165) is 30.5 Å². The first-order valence-electron chi connectivity index (χ1n) is 5.23. The lowest BCUT2D eigenvalue weighted by Crippen LogP contribution is -2.19. The van der Waals surface area contributed by atoms with Crippen LogP contribution in [-0.4, -0.2) is 40.7 Å². The van der Waals surface area contributed by atoms with Crippen LogP contribution in [0.5, 0.6) is 0 Å². The lowest BCUT2D eigenvalue weighted by Gasteiger charge is -2.10. The molecule has 1 aromatic heterocycles. The maximum atomic E-state index is 6.08. The second-order valence-corrected chi connectivity index (χ2v) is 4.98. The van der Waals surface area contributed by atoms with E-state index >= 15 is 0 Å². The third kappa shape index (κ3) is 4.28. The van der Waals surface area contributed by atoms with Crippen LogP contribution in [0.25, 0.3) is 6.08 Å². The second-order valence-electron chi connectivity index (χ2n) is 3.78. The van der Waals surface area contributed by atoms with Gasteiger partial charge in [0, 0.05) is 11.9 Å². The predicted octanol–water partition coefficient (Wildman–Crippen LogP) is 2.90. The van der Waals surface area contributed by atoms with E-state index in [1.165, 1.54) is 0 Å². The summed E-state index contributed by atoms with van der Waals surface area (Å²) in [4.78, 5) is 2.13. The summed E-state index contributed by atoms with van der Waals surface area (Å²) in [6.45, 7) is 1.81. The molecule has 90 valence electrons. The topological polar surface area (TPSA) is 21.1 Å². The molecule has 0 aliphatic heterocycles. The van der Waals surface area contributed by atoms with Crippen LogP contribution in [-0.2, 0) is 6.54 Å². The summed E-state index contributed by atoms with van der Waals surface area (Å²) >= 11 is 9.47. The van der Waals surface area contributed by atoms with Crippen molar-refractivity contribution in [2.75, 3.05) is 26.0 Å². The molecule has 0 spiro atoms. The molecule has 0 fully saturated rings. The largest absolute Gasteiger partial charge is 0.308 e. The van der Waals surface area contributed by atoms with Crippen molar-refractivity contribution in [1.29, 1.82) is 0 Å². The Labute approximate surface area is 110 Å². The van der Waals surface area contributed by atoms with Gasteiger partial charge in [-0.15, -0.1) is 0 Å². The fourth-order valence-electron chi connectivity index (χ4n) is 1.27. The second kappa shape index (κ2) is 7.09. The van der Waals surface area contributed by atoms with Crippen LogP contribution in [0, 0.1) is 0 Å². The van der Waals surface area contributed by atoms with Crippen molar-refractivity contribution < 1.29 is 0 Å². The Bertz CT molecular complexity index is 347. The van der Waals surface area contributed by atoms with Crippen molar-refractivity contribution >= 4 is 33.6 Å². The average molecular weight is 307 g/mol. The predicted molar refractivity (Wildman–Crippen MR) is 73.2 cm³/mol. The molecule has 3 nitrogen and oxygen atoms in total. The summed E-state index contributed by atoms with van der Waals surface area (Å²) in [5.74, 6) is 0. The van der Waals surface area contributed by atoms with Crippen LogP contribution in [0.2, 0.25) is 5.02 Å². The summed E-state index contributed by atoms with van der Waals surface area (Å²) in [6.07, 6.45) is 6.83. The molecule has 0 atom stereocenters. The van der Waals surface area contributed by atoms with Crippen molar-refractivity contribution in [2.24, 2.45) is 0 Å². The number of alkyl halides is 1. The van der Waals surface area contributed by atoms with Gasteiger partial charge < -0.3 is 4.90 Å². The minimum atomic E-state index is 0.713. The Morgan fingerprint density at radius 1 is 1.56 bits per heavy atom. The zero-order valence-corrected chi connectivity index (χ0v) is 12.0. The van der Waals surface area contributed by atoms with Gasteiger partial charge in [-0.3, -0.25) is 4.68 Å². The quantitative estimate of drug-likeness (QED) is 0.754. The molecule has 0 radical (unpaired) electrons. The molecule has 0 saturated carbocycles. The van der Waals surface area contributed by atoms with E-state index in [2.05, 4.69) is 32.0 Å². The number of allylic oxidation sites excluding steroid dienone is 1. The Balaban J connectivity index is 2.69. The summed E-state index contributed by atoms with van der Waals surface area (Å²) in [5.41, 5.74) is 0.990. The molecule has 0 unspecified atom stereocenters. The lowest BCUT2D eigenvalue weighted by atomic mass is 10.3. The molecule has 0 aliphatic rings. The number of aromatic nitrogens is 2. The van der Waals surface area contributed by atoms with Crippen molar-refractivity contribution in [3.05, 3.63) is 23.0 Å². The van der Waals surface area contributed by atoms with Crippen molar-refractivity contribution in [3.8, 4) is 0 Å². The summed E-state index contributed by atoms with van der Waals surface area (Å²) in [6, 6.07) is 0. The van der Waals surface area contributed by atoms with Crippen LogP contribution in [0.3, 0.4) is 0 Å². The van der Waals surface area contributed by atoms with E-state index < -0.39 is 0 Å². The lowest BCUT2D eigenvalue weighted by molar-refractivity contribution is 0.372. The van der Waals surface area contributed by atoms with Crippen molar-refractivity contribution in [1.82, 2.24) is 14.7 Å². The van der Waals surface area contributed by atoms with Gasteiger partial charge in [-0.2, -0.15) is 5.10 Å². The zero-order chi connectivity index (χ0) is 12.0. The molecule has 0 amide bonds. The molecule has 16 heavy (non-hydrogen) atoms. The number of halogens is 2. The van der Waals surface area contributed by atoms with Gasteiger partial charge in [0.1, 0.15) is 0 Å². The van der Waals surface area contributed by atoms with Gasteiger partial charge in [0.15, 0.2) is 0 Å². The molecule has 0 N–H and O–H groups in total. The maximum Gasteiger partial charge on any atom is 0.0859 e. The molecule has 1 aromatic rings. The van der Waals surface area contributed by atoms with E-state index in [1.54, 1.807) is 6.20 Å². The molecular formula is C11H17BrClN3. The number of hydrogen-bond acceptors (Lipinski definition) is 2. The Kier molecular flexibility index (Phi) is 6.09. The highest BCUT2D eigenvalue weighted by atomic mass is 79.9. The molecular weight excluding hydrogens is 289 g/mol. The van der Waals surface area contributed by atoms with Gasteiger partial charge in [0.25, 0.3) is 0 Å². The SMILES string of the molecule is CN(C)CCn1ncc(Cl)c1/C=C/CCBr. The Morgan fingerprint density at radius 2 is 2.31 bits per heavy atom. The average Bonchev–Trinajstić information content (AvgIpc) is 2.58. The molecule has 0 aliphatic carbocycles.